The number of nitrogens with two attached hydrogens (primary N) is 1. The van der Waals surface area contributed by atoms with Gasteiger partial charge >= 0.3 is 30.2 Å². The Labute approximate surface area is 537 Å². The van der Waals surface area contributed by atoms with Gasteiger partial charge in [-0.3, -0.25) is 38.4 Å². The summed E-state index contributed by atoms with van der Waals surface area (Å²) in [7, 11) is 0. The van der Waals surface area contributed by atoms with Gasteiger partial charge in [-0.2, -0.15) is 19.2 Å². The number of carboxylic acid groups (broad SMARTS) is 1. The van der Waals surface area contributed by atoms with E-state index >= 15 is 0 Å². The first kappa shape index (κ1) is 82.0. The van der Waals surface area contributed by atoms with Gasteiger partial charge in [0.1, 0.15) is 74.6 Å². The van der Waals surface area contributed by atoms with Gasteiger partial charge in [0, 0.05) is 58.8 Å². The van der Waals surface area contributed by atoms with Crippen molar-refractivity contribution in [3.63, 3.8) is 0 Å². The molecule has 2 heterocycles. The van der Waals surface area contributed by atoms with Gasteiger partial charge in [-0.15, -0.1) is 0 Å². The zero-order chi connectivity index (χ0) is 70.1. The molecule has 94 heavy (non-hydrogen) atoms. The first-order valence-corrected chi connectivity index (χ1v) is 29.1. The zero-order valence-corrected chi connectivity index (χ0v) is 51.7. The first-order valence-electron chi connectivity index (χ1n) is 29.1. The van der Waals surface area contributed by atoms with Crippen molar-refractivity contribution in [2.45, 2.75) is 134 Å². The second-order valence-electron chi connectivity index (χ2n) is 20.4. The number of ether oxygens (including phenoxy) is 10. The van der Waals surface area contributed by atoms with E-state index in [0.29, 0.717) is 24.0 Å². The molecule has 0 aromatic heterocycles. The van der Waals surface area contributed by atoms with Crippen LogP contribution < -0.4 is 36.6 Å². The monoisotopic (exact) mass is 1340 g/mol. The van der Waals surface area contributed by atoms with Crippen molar-refractivity contribution in [1.82, 2.24) is 21.3 Å². The van der Waals surface area contributed by atoms with Crippen LogP contribution in [0.2, 0.25) is 0 Å². The lowest BCUT2D eigenvalue weighted by Crippen LogP contribution is -2.61. The molecule has 2 fully saturated rings. The third kappa shape index (κ3) is 31.2. The summed E-state index contributed by atoms with van der Waals surface area (Å²) in [5.74, 6) is -1.75. The average molecular weight is 1340 g/mol. The number of carbonyl (C=O) groups is 9. The Morgan fingerprint density at radius 3 is 1.76 bits per heavy atom. The van der Waals surface area contributed by atoms with E-state index in [0.717, 1.165) is 0 Å². The smallest absolute Gasteiger partial charge is 0.373 e. The molecule has 0 bridgehead atoms. The Balaban J connectivity index is 0.00000482. The van der Waals surface area contributed by atoms with Crippen molar-refractivity contribution < 1.29 is 150 Å². The van der Waals surface area contributed by atoms with Crippen LogP contribution in [0.4, 0.5) is 0 Å². The highest BCUT2D eigenvalue weighted by Crippen LogP contribution is 2.30. The normalized spacial score (nSPS) is 20.2. The van der Waals surface area contributed by atoms with Gasteiger partial charge in [0.2, 0.25) is 30.3 Å². The minimum Gasteiger partial charge on any atom is -0.479 e. The van der Waals surface area contributed by atoms with Crippen LogP contribution in [0.3, 0.4) is 0 Å². The first-order chi connectivity index (χ1) is 44.8. The molecule has 524 valence electrons. The Bertz CT molecular complexity index is 2790. The van der Waals surface area contributed by atoms with Gasteiger partial charge < -0.3 is 109 Å². The number of esters is 2. The fraction of sp³-hybridized carbons (Fsp3) is 0.603. The highest BCUT2D eigenvalue weighted by molar-refractivity contribution is 5.99. The van der Waals surface area contributed by atoms with E-state index < -0.39 is 127 Å². The molecule has 36 nitrogen and oxygen atoms in total. The van der Waals surface area contributed by atoms with Gasteiger partial charge in [-0.05, 0) is 61.1 Å². The molecule has 4 rings (SSSR count). The van der Waals surface area contributed by atoms with Gasteiger partial charge in [-0.25, -0.2) is 10.7 Å². The molecule has 4 amide bonds. The Morgan fingerprint density at radius 1 is 0.617 bits per heavy atom. The molecule has 0 unspecified atom stereocenters. The van der Waals surface area contributed by atoms with Gasteiger partial charge in [0.15, 0.2) is 17.7 Å². The number of aliphatic carboxylic acids is 1. The number of carboxylic acids is 1. The maximum Gasteiger partial charge on any atom is 0.373 e. The molecular formula is C58H81N5O31. The van der Waals surface area contributed by atoms with E-state index in [9.17, 15) is 78.9 Å². The Morgan fingerprint density at radius 2 is 1.16 bits per heavy atom. The van der Waals surface area contributed by atoms with E-state index in [4.69, 9.17) is 72.4 Å². The molecule has 36 heteroatoms. The molecule has 0 radical (unpaired) electrons. The van der Waals surface area contributed by atoms with Crippen molar-refractivity contribution in [2.24, 2.45) is 11.8 Å². The Kier molecular flexibility index (Phi) is 40.1. The number of rotatable bonds is 41. The summed E-state index contributed by atoms with van der Waals surface area (Å²) < 4.78 is 53.9. The number of amides is 4. The number of aliphatic hydroxyl groups is 6. The summed E-state index contributed by atoms with van der Waals surface area (Å²) in [5.41, 5.74) is 0.761. The minimum atomic E-state index is -1.98. The van der Waals surface area contributed by atoms with Crippen LogP contribution >= 0.6 is 0 Å². The average Bonchev–Trinajstić information content (AvgIpc) is 0.840. The van der Waals surface area contributed by atoms with Crippen LogP contribution in [-0.2, 0) is 109 Å². The molecule has 0 saturated carbocycles. The molecule has 13 N–H and O–H groups in total. The van der Waals surface area contributed by atoms with Crippen LogP contribution in [0.1, 0.15) is 91.1 Å². The van der Waals surface area contributed by atoms with Crippen LogP contribution in [0.25, 0.3) is 0 Å². The standard InChI is InChI=1S/C56H81N5O27.2CO2/c1-31(52(74)59-15-18-85-57)23-40(65)38(61-45(68)30-81-21-19-78-16-6-8-39(64)36-24-34(26-82-32(2)62)9-11-42(36)86-55-49(72)46(69)41(66)28-84-55)7-4-5-13-58-44(67)29-80-22-20-79-17-14-60-53(75)37-25-35(27-83-33(3)63)10-12-43(37)87-56-50(73)47(70)48(71)51(88-56)54(76)77;2*2-1-3/h9-12,24-25,31,38,41,46-51,55-56,66,69-73H,4-8,13-23,26-30,57H2,1-3H3,(H,58,67)(H,59,74)(H,60,75)(H,61,68)(H,76,77);;/t31-,38+,41-,46+,47+,48+,49-,50-,51+,55+,56-;;/m1../s1. The lowest BCUT2D eigenvalue weighted by atomic mass is 9.96. The molecule has 2 aromatic rings. The van der Waals surface area contributed by atoms with E-state index in [1.807, 2.05) is 0 Å². The van der Waals surface area contributed by atoms with Gasteiger partial charge in [0.05, 0.1) is 63.4 Å². The van der Waals surface area contributed by atoms with Crippen LogP contribution in [0, 0.1) is 5.92 Å². The second-order valence-corrected chi connectivity index (χ2v) is 20.4. The molecule has 2 aliphatic heterocycles. The molecule has 2 aliphatic rings. The van der Waals surface area contributed by atoms with Crippen molar-refractivity contribution >= 4 is 65.4 Å². The summed E-state index contributed by atoms with van der Waals surface area (Å²) in [6.07, 6.45) is -14.1. The van der Waals surface area contributed by atoms with E-state index in [2.05, 4.69) is 26.1 Å². The number of benzene rings is 2. The number of carbonyl (C=O) groups excluding carboxylic acids is 12. The predicted octanol–water partition coefficient (Wildman–Crippen LogP) is -4.43. The number of ketones is 2. The maximum atomic E-state index is 13.5. The highest BCUT2D eigenvalue weighted by Gasteiger charge is 2.48. The lowest BCUT2D eigenvalue weighted by molar-refractivity contribution is -0.271. The van der Waals surface area contributed by atoms with Gasteiger partial charge in [-0.1, -0.05) is 19.1 Å². The Hall–Kier alpha value is -8.13. The second kappa shape index (κ2) is 46.0. The highest BCUT2D eigenvalue weighted by atomic mass is 16.7. The van der Waals surface area contributed by atoms with E-state index in [-0.39, 0.29) is 153 Å². The summed E-state index contributed by atoms with van der Waals surface area (Å²) in [5, 5.41) is 80.9. The van der Waals surface area contributed by atoms with Crippen molar-refractivity contribution in [3.8, 4) is 11.5 Å². The number of hydrogen-bond donors (Lipinski definition) is 12. The van der Waals surface area contributed by atoms with Crippen molar-refractivity contribution in [2.75, 3.05) is 85.7 Å². The molecular weight excluding hydrogens is 1260 g/mol. The summed E-state index contributed by atoms with van der Waals surface area (Å²) in [6.45, 7) is 2.91. The van der Waals surface area contributed by atoms with Crippen molar-refractivity contribution in [1.29, 1.82) is 0 Å². The number of unbranched alkanes of at least 4 members (excludes halogenated alkanes) is 1. The van der Waals surface area contributed by atoms with Crippen LogP contribution in [-0.4, -0.2) is 248 Å². The largest absolute Gasteiger partial charge is 0.479 e. The molecule has 0 aliphatic carbocycles. The number of Topliss-reactive ketones (excluding diaryl/α,β-unsaturated/α-hetero) is 2. The summed E-state index contributed by atoms with van der Waals surface area (Å²) in [4.78, 5) is 150. The fourth-order valence-corrected chi connectivity index (χ4v) is 8.40. The van der Waals surface area contributed by atoms with E-state index in [1.54, 1.807) is 13.0 Å². The molecule has 2 saturated heterocycles. The number of hydrogen-bond acceptors (Lipinski definition) is 31. The summed E-state index contributed by atoms with van der Waals surface area (Å²) >= 11 is 0. The maximum absolute atomic E-state index is 13.5. The number of aliphatic hydroxyl groups excluding tert-OH is 6. The molecule has 11 atom stereocenters. The van der Waals surface area contributed by atoms with Crippen LogP contribution in [0.5, 0.6) is 11.5 Å². The third-order valence-electron chi connectivity index (χ3n) is 13.1. The fourth-order valence-electron chi connectivity index (χ4n) is 8.40. The molecule has 0 spiro atoms. The van der Waals surface area contributed by atoms with E-state index in [1.165, 1.54) is 44.2 Å². The third-order valence-corrected chi connectivity index (χ3v) is 13.1. The van der Waals surface area contributed by atoms with Crippen molar-refractivity contribution in [3.05, 3.63) is 58.7 Å². The lowest BCUT2D eigenvalue weighted by Gasteiger charge is -2.38. The predicted molar refractivity (Wildman–Crippen MR) is 307 cm³/mol. The quantitative estimate of drug-likeness (QED) is 0.0129. The molecule has 2 aromatic carbocycles. The SMILES string of the molecule is CC(=O)OCc1ccc(O[C@@H]2OC[C@@H](O)[C@H](O)[C@H]2O)c(C(=O)CCCOCCOCC(=O)N[C@@H](CCCCNC(=O)COCCOCCNC(=O)c2cc(COC(C)=O)ccc2O[C@@H]2O[C@H](C(=O)O)[C@@H](O)[C@H](O)[C@H]2O)C(=O)C[C@@H](C)C(=O)NCCON)c1.O=C=O.O=C=O. The van der Waals surface area contributed by atoms with Crippen LogP contribution in [0.15, 0.2) is 36.4 Å². The zero-order valence-electron chi connectivity index (χ0n) is 51.7. The van der Waals surface area contributed by atoms with Gasteiger partial charge in [0.25, 0.3) is 5.91 Å². The topological polar surface area (TPSA) is 539 Å². The number of nitrogens with one attached hydrogen (secondary N) is 4. The minimum absolute atomic E-state index is 0.0106. The summed E-state index contributed by atoms with van der Waals surface area (Å²) in [6, 6.07) is 7.45.